The van der Waals surface area contributed by atoms with Gasteiger partial charge < -0.3 is 11.1 Å². The molecule has 0 spiro atoms. The zero-order chi connectivity index (χ0) is 13.8. The number of hydrogen-bond donors (Lipinski definition) is 2. The average molecular weight is 260 g/mol. The number of rotatable bonds is 4. The Bertz CT molecular complexity index is 434. The normalized spacial score (nSPS) is 27.2. The summed E-state index contributed by atoms with van der Waals surface area (Å²) in [6, 6.07) is 8.14. The zero-order valence-electron chi connectivity index (χ0n) is 11.9. The van der Waals surface area contributed by atoms with Crippen molar-refractivity contribution in [1.29, 1.82) is 0 Å². The number of nitrogens with one attached hydrogen (secondary N) is 1. The first-order valence-corrected chi connectivity index (χ1v) is 7.17. The van der Waals surface area contributed by atoms with Crippen molar-refractivity contribution in [2.45, 2.75) is 45.7 Å². The van der Waals surface area contributed by atoms with Crippen molar-refractivity contribution >= 4 is 5.91 Å². The van der Waals surface area contributed by atoms with Gasteiger partial charge in [0.2, 0.25) is 5.91 Å². The van der Waals surface area contributed by atoms with Gasteiger partial charge in [0.1, 0.15) is 0 Å². The van der Waals surface area contributed by atoms with Gasteiger partial charge >= 0.3 is 0 Å². The first-order chi connectivity index (χ1) is 9.06. The Kier molecular flexibility index (Phi) is 4.59. The molecule has 1 fully saturated rings. The number of carbonyl (C=O) groups is 1. The Hall–Kier alpha value is -1.35. The fourth-order valence-corrected chi connectivity index (χ4v) is 3.28. The van der Waals surface area contributed by atoms with Crippen molar-refractivity contribution in [3.8, 4) is 0 Å². The van der Waals surface area contributed by atoms with Crippen molar-refractivity contribution in [2.75, 3.05) is 0 Å². The van der Waals surface area contributed by atoms with Crippen molar-refractivity contribution in [3.05, 3.63) is 35.4 Å². The summed E-state index contributed by atoms with van der Waals surface area (Å²) >= 11 is 0. The van der Waals surface area contributed by atoms with Gasteiger partial charge in [0.25, 0.3) is 0 Å². The van der Waals surface area contributed by atoms with Gasteiger partial charge in [-0.1, -0.05) is 32.0 Å². The molecule has 2 rings (SSSR count). The summed E-state index contributed by atoms with van der Waals surface area (Å²) in [4.78, 5) is 11.4. The summed E-state index contributed by atoms with van der Waals surface area (Å²) in [7, 11) is 0. The third-order valence-electron chi connectivity index (χ3n) is 4.04. The molecule has 3 nitrogen and oxygen atoms in total. The molecule has 0 heterocycles. The molecule has 2 unspecified atom stereocenters. The lowest BCUT2D eigenvalue weighted by Gasteiger charge is -2.32. The summed E-state index contributed by atoms with van der Waals surface area (Å²) in [6.07, 6.45) is 3.78. The molecule has 1 aliphatic rings. The second-order valence-electron chi connectivity index (χ2n) is 6.02. The third-order valence-corrected chi connectivity index (χ3v) is 4.04. The molecule has 0 aromatic heterocycles. The number of carbonyl (C=O) groups excluding carboxylic acids is 1. The molecule has 3 N–H and O–H groups in total. The Morgan fingerprint density at radius 3 is 2.47 bits per heavy atom. The molecule has 1 aromatic carbocycles. The van der Waals surface area contributed by atoms with Gasteiger partial charge in [-0.2, -0.15) is 0 Å². The molecule has 1 saturated carbocycles. The van der Waals surface area contributed by atoms with E-state index >= 15 is 0 Å². The van der Waals surface area contributed by atoms with Crippen LogP contribution in [-0.4, -0.2) is 11.9 Å². The molecule has 0 bridgehead atoms. The molecule has 2 atom stereocenters. The lowest BCUT2D eigenvalue weighted by molar-refractivity contribution is 0.0999. The molecule has 1 aromatic rings. The minimum atomic E-state index is -0.345. The smallest absolute Gasteiger partial charge is 0.249 e. The molecule has 0 radical (unpaired) electrons. The van der Waals surface area contributed by atoms with Crippen molar-refractivity contribution in [2.24, 2.45) is 17.6 Å². The highest BCUT2D eigenvalue weighted by Gasteiger charge is 2.23. The van der Waals surface area contributed by atoms with E-state index in [9.17, 15) is 4.79 Å². The standard InChI is InChI=1S/C16H24N2O/c1-11-7-12(2)9-14(8-11)18-10-13-5-3-4-6-15(13)16(17)19/h3-6,11-12,14,18H,7-10H2,1-2H3,(H2,17,19). The summed E-state index contributed by atoms with van der Waals surface area (Å²) < 4.78 is 0. The van der Waals surface area contributed by atoms with Gasteiger partial charge in [0.05, 0.1) is 0 Å². The number of hydrogen-bond acceptors (Lipinski definition) is 2. The van der Waals surface area contributed by atoms with Crippen LogP contribution in [0.5, 0.6) is 0 Å². The largest absolute Gasteiger partial charge is 0.366 e. The van der Waals surface area contributed by atoms with E-state index in [0.29, 0.717) is 11.6 Å². The number of benzene rings is 1. The van der Waals surface area contributed by atoms with E-state index in [1.165, 1.54) is 19.3 Å². The quantitative estimate of drug-likeness (QED) is 0.874. The van der Waals surface area contributed by atoms with E-state index in [2.05, 4.69) is 19.2 Å². The number of primary amides is 1. The second-order valence-corrected chi connectivity index (χ2v) is 6.02. The van der Waals surface area contributed by atoms with Crippen LogP contribution in [0.15, 0.2) is 24.3 Å². The zero-order valence-corrected chi connectivity index (χ0v) is 11.9. The molecule has 1 aliphatic carbocycles. The monoisotopic (exact) mass is 260 g/mol. The maximum Gasteiger partial charge on any atom is 0.249 e. The molecular weight excluding hydrogens is 236 g/mol. The van der Waals surface area contributed by atoms with Crippen LogP contribution < -0.4 is 11.1 Å². The Morgan fingerprint density at radius 1 is 1.21 bits per heavy atom. The van der Waals surface area contributed by atoms with E-state index in [-0.39, 0.29) is 5.91 Å². The van der Waals surface area contributed by atoms with Crippen LogP contribution in [0.3, 0.4) is 0 Å². The van der Waals surface area contributed by atoms with Gasteiger partial charge in [-0.15, -0.1) is 0 Å². The first kappa shape index (κ1) is 14.1. The van der Waals surface area contributed by atoms with Crippen LogP contribution in [0, 0.1) is 11.8 Å². The van der Waals surface area contributed by atoms with Crippen LogP contribution in [0.4, 0.5) is 0 Å². The number of nitrogens with two attached hydrogens (primary N) is 1. The summed E-state index contributed by atoms with van der Waals surface area (Å²) in [5.41, 5.74) is 7.03. The van der Waals surface area contributed by atoms with Crippen molar-refractivity contribution < 1.29 is 4.79 Å². The Morgan fingerprint density at radius 2 is 1.84 bits per heavy atom. The van der Waals surface area contributed by atoms with Gasteiger partial charge in [-0.25, -0.2) is 0 Å². The van der Waals surface area contributed by atoms with Crippen LogP contribution in [0.2, 0.25) is 0 Å². The van der Waals surface area contributed by atoms with Crippen LogP contribution in [-0.2, 0) is 6.54 Å². The van der Waals surface area contributed by atoms with E-state index in [0.717, 1.165) is 23.9 Å². The lowest BCUT2D eigenvalue weighted by atomic mass is 9.80. The van der Waals surface area contributed by atoms with E-state index < -0.39 is 0 Å². The molecule has 19 heavy (non-hydrogen) atoms. The number of amides is 1. The lowest BCUT2D eigenvalue weighted by Crippen LogP contribution is -2.36. The van der Waals surface area contributed by atoms with Crippen molar-refractivity contribution in [1.82, 2.24) is 5.32 Å². The summed E-state index contributed by atoms with van der Waals surface area (Å²) in [5.74, 6) is 1.23. The molecule has 1 amide bonds. The molecule has 0 saturated heterocycles. The van der Waals surface area contributed by atoms with Crippen molar-refractivity contribution in [3.63, 3.8) is 0 Å². The van der Waals surface area contributed by atoms with Crippen LogP contribution in [0.1, 0.15) is 49.0 Å². The highest BCUT2D eigenvalue weighted by Crippen LogP contribution is 2.28. The first-order valence-electron chi connectivity index (χ1n) is 7.17. The average Bonchev–Trinajstić information content (AvgIpc) is 2.35. The SMILES string of the molecule is CC1CC(C)CC(NCc2ccccc2C(N)=O)C1. The van der Waals surface area contributed by atoms with E-state index in [1.807, 2.05) is 18.2 Å². The maximum absolute atomic E-state index is 11.4. The van der Waals surface area contributed by atoms with E-state index in [1.54, 1.807) is 6.07 Å². The van der Waals surface area contributed by atoms with Crippen LogP contribution >= 0.6 is 0 Å². The summed E-state index contributed by atoms with van der Waals surface area (Å²) in [6.45, 7) is 5.37. The third kappa shape index (κ3) is 3.80. The topological polar surface area (TPSA) is 55.1 Å². The molecular formula is C16H24N2O. The van der Waals surface area contributed by atoms with Gasteiger partial charge in [0, 0.05) is 18.2 Å². The Labute approximate surface area is 115 Å². The minimum absolute atomic E-state index is 0.345. The predicted molar refractivity (Wildman–Crippen MR) is 77.8 cm³/mol. The summed E-state index contributed by atoms with van der Waals surface area (Å²) in [5, 5.41) is 3.59. The Balaban J connectivity index is 1.97. The van der Waals surface area contributed by atoms with Gasteiger partial charge in [-0.3, -0.25) is 4.79 Å². The fraction of sp³-hybridized carbons (Fsp3) is 0.562. The highest BCUT2D eigenvalue weighted by atomic mass is 16.1. The van der Waals surface area contributed by atoms with Crippen LogP contribution in [0.25, 0.3) is 0 Å². The molecule has 0 aliphatic heterocycles. The molecule has 104 valence electrons. The molecule has 3 heteroatoms. The van der Waals surface area contributed by atoms with Gasteiger partial charge in [0.15, 0.2) is 0 Å². The van der Waals surface area contributed by atoms with E-state index in [4.69, 9.17) is 5.73 Å². The second kappa shape index (κ2) is 6.20. The fourth-order valence-electron chi connectivity index (χ4n) is 3.28. The highest BCUT2D eigenvalue weighted by molar-refractivity contribution is 5.94. The minimum Gasteiger partial charge on any atom is -0.366 e. The maximum atomic E-state index is 11.4. The van der Waals surface area contributed by atoms with Gasteiger partial charge in [-0.05, 0) is 42.7 Å². The predicted octanol–water partition coefficient (Wildman–Crippen LogP) is 2.70.